The Morgan fingerprint density at radius 1 is 0.632 bits per heavy atom. The van der Waals surface area contributed by atoms with Gasteiger partial charge in [-0.15, -0.1) is 0 Å². The zero-order valence-electron chi connectivity index (χ0n) is 26.9. The molecule has 0 aromatic heterocycles. The Bertz CT molecular complexity index is 613. The van der Waals surface area contributed by atoms with Gasteiger partial charge in [0.25, 0.3) is 0 Å². The van der Waals surface area contributed by atoms with Crippen LogP contribution in [0.1, 0.15) is 125 Å². The van der Waals surface area contributed by atoms with Gasteiger partial charge in [0.05, 0.1) is 0 Å². The van der Waals surface area contributed by atoms with E-state index in [9.17, 15) is 0 Å². The molecular formula is C33H66O3PtSi. The quantitative estimate of drug-likeness (QED) is 0.0730. The van der Waals surface area contributed by atoms with Crippen LogP contribution in [0.2, 0.25) is 20.5 Å². The Morgan fingerprint density at radius 3 is 1.37 bits per heavy atom. The van der Waals surface area contributed by atoms with Gasteiger partial charge in [0.2, 0.25) is 0 Å². The average molecular weight is 734 g/mol. The van der Waals surface area contributed by atoms with Gasteiger partial charge in [0, 0.05) is 0 Å². The van der Waals surface area contributed by atoms with Crippen LogP contribution in [0.15, 0.2) is 21.7 Å². The van der Waals surface area contributed by atoms with Gasteiger partial charge in [-0.1, -0.05) is 0 Å². The van der Waals surface area contributed by atoms with Crippen molar-refractivity contribution in [3.8, 4) is 0 Å². The molecule has 5 heteroatoms. The zero-order chi connectivity index (χ0) is 28.4. The minimum atomic E-state index is -2.65. The predicted molar refractivity (Wildman–Crippen MR) is 167 cm³/mol. The Labute approximate surface area is 243 Å². The van der Waals surface area contributed by atoms with E-state index in [1.165, 1.54) is 103 Å². The van der Waals surface area contributed by atoms with Gasteiger partial charge in [-0.3, -0.25) is 0 Å². The van der Waals surface area contributed by atoms with Crippen molar-refractivity contribution in [2.45, 2.75) is 145 Å². The number of unbranched alkanes of at least 4 members (excludes halogenated alkanes) is 6. The number of hydrogen-bond acceptors (Lipinski definition) is 3. The van der Waals surface area contributed by atoms with E-state index in [0.29, 0.717) is 0 Å². The molecule has 0 fully saturated rings. The van der Waals surface area contributed by atoms with E-state index in [2.05, 4.69) is 53.7 Å². The molecule has 1 rings (SSSR count). The van der Waals surface area contributed by atoms with Crippen molar-refractivity contribution in [1.82, 2.24) is 0 Å². The fourth-order valence-electron chi connectivity index (χ4n) is 5.31. The van der Waals surface area contributed by atoms with Crippen LogP contribution in [-0.4, -0.2) is 30.1 Å². The van der Waals surface area contributed by atoms with Crippen molar-refractivity contribution in [3.63, 3.8) is 0 Å². The summed E-state index contributed by atoms with van der Waals surface area (Å²) < 4.78 is 19.6. The molecule has 0 heterocycles. The van der Waals surface area contributed by atoms with Gasteiger partial charge in [0.15, 0.2) is 0 Å². The fourth-order valence-corrected chi connectivity index (χ4v) is 20.7. The number of rotatable bonds is 24. The predicted octanol–water partition coefficient (Wildman–Crippen LogP) is 11.1. The molecule has 230 valence electrons. The van der Waals surface area contributed by atoms with Gasteiger partial charge >= 0.3 is 244 Å². The third-order valence-corrected chi connectivity index (χ3v) is 23.5. The second-order valence-electron chi connectivity index (χ2n) is 12.5. The summed E-state index contributed by atoms with van der Waals surface area (Å²) in [4.78, 5) is 4.55. The number of allylic oxidation sites excluding steroid dienone is 4. The van der Waals surface area contributed by atoms with Crippen LogP contribution in [0.5, 0.6) is 0 Å². The molecule has 3 nitrogen and oxygen atoms in total. The Morgan fingerprint density at radius 2 is 1.03 bits per heavy atom. The van der Waals surface area contributed by atoms with Gasteiger partial charge in [-0.25, -0.2) is 0 Å². The maximum absolute atomic E-state index is 5.91. The van der Waals surface area contributed by atoms with Crippen LogP contribution in [0.3, 0.4) is 0 Å². The van der Waals surface area contributed by atoms with E-state index in [0.717, 1.165) is 23.8 Å². The first-order valence-electron chi connectivity index (χ1n) is 15.7. The van der Waals surface area contributed by atoms with Crippen LogP contribution in [0, 0.1) is 17.8 Å². The Balaban J connectivity index is 3.20. The van der Waals surface area contributed by atoms with Crippen LogP contribution in [0.4, 0.5) is 0 Å². The second-order valence-corrected chi connectivity index (χ2v) is 26.0. The monoisotopic (exact) mass is 733 g/mol. The molecule has 0 unspecified atom stereocenters. The molecule has 0 aromatic carbocycles. The average Bonchev–Trinajstić information content (AvgIpc) is 3.34. The van der Waals surface area contributed by atoms with Crippen LogP contribution >= 0.6 is 0 Å². The van der Waals surface area contributed by atoms with Gasteiger partial charge < -0.3 is 0 Å². The molecule has 0 saturated carbocycles. The first-order chi connectivity index (χ1) is 18.1. The van der Waals surface area contributed by atoms with E-state index in [1.54, 1.807) is 21.3 Å². The van der Waals surface area contributed by atoms with Crippen LogP contribution < -0.4 is 0 Å². The van der Waals surface area contributed by atoms with E-state index >= 15 is 0 Å². The van der Waals surface area contributed by atoms with Crippen LogP contribution in [-0.2, 0) is 29.3 Å². The van der Waals surface area contributed by atoms with Crippen LogP contribution in [0.25, 0.3) is 0 Å². The van der Waals surface area contributed by atoms with Crippen molar-refractivity contribution in [2.24, 2.45) is 17.8 Å². The first kappa shape index (κ1) is 36.3. The molecule has 0 aromatic rings. The van der Waals surface area contributed by atoms with Gasteiger partial charge in [0.1, 0.15) is 0 Å². The summed E-state index contributed by atoms with van der Waals surface area (Å²) >= 11 is -2.20. The van der Waals surface area contributed by atoms with E-state index in [1.807, 2.05) is 3.96 Å². The van der Waals surface area contributed by atoms with Crippen molar-refractivity contribution in [2.75, 3.05) is 21.3 Å². The summed E-state index contributed by atoms with van der Waals surface area (Å²) in [6.07, 6.45) is 22.9. The van der Waals surface area contributed by atoms with Crippen molar-refractivity contribution < 1.29 is 29.3 Å². The molecule has 1 aliphatic carbocycles. The molecule has 0 N–H and O–H groups in total. The molecule has 0 bridgehead atoms. The Hall–Kier alpha value is 0.265. The first-order valence-corrected chi connectivity index (χ1v) is 23.6. The molecule has 38 heavy (non-hydrogen) atoms. The van der Waals surface area contributed by atoms with Gasteiger partial charge in [-0.05, 0) is 0 Å². The summed E-state index contributed by atoms with van der Waals surface area (Å²) in [5.74, 6) is 2.48. The summed E-state index contributed by atoms with van der Waals surface area (Å²) in [5, 5.41) is 0. The van der Waals surface area contributed by atoms with E-state index < -0.39 is 24.9 Å². The second kappa shape index (κ2) is 20.2. The molecule has 0 atom stereocenters. The molecule has 0 aliphatic heterocycles. The Kier molecular flexibility index (Phi) is 19.3. The summed E-state index contributed by atoms with van der Waals surface area (Å²) in [5.41, 5.74) is 1.53. The summed E-state index contributed by atoms with van der Waals surface area (Å²) in [6.45, 7) is 14.2. The minimum absolute atomic E-state index is 0.825. The number of hydrogen-bond donors (Lipinski definition) is 0. The van der Waals surface area contributed by atoms with E-state index in [4.69, 9.17) is 13.3 Å². The molecule has 1 aliphatic rings. The molecule has 0 spiro atoms. The molecular weight excluding hydrogens is 668 g/mol. The van der Waals surface area contributed by atoms with Crippen molar-refractivity contribution in [3.05, 3.63) is 21.7 Å². The van der Waals surface area contributed by atoms with Crippen molar-refractivity contribution in [1.29, 1.82) is 0 Å². The molecule has 0 amide bonds. The third-order valence-electron chi connectivity index (χ3n) is 7.76. The molecule has 0 saturated heterocycles. The topological polar surface area (TPSA) is 27.7 Å². The van der Waals surface area contributed by atoms with Crippen molar-refractivity contribution >= 4 is 8.80 Å². The fraction of sp³-hybridized carbons (Fsp3) is 0.879. The normalized spacial score (nSPS) is 15.2. The zero-order valence-corrected chi connectivity index (χ0v) is 30.2. The standard InChI is InChI=1S/C9H15O3Si.3C8H17.Pt/c1-10-13(11-2,12-3)8-9-6-4-5-7-9;3*1-4-5-6-7-8(2)3;/h4,6H,5,8H2,1-3H3;3*8H,1,4-7H2,2-3H3;. The summed E-state index contributed by atoms with van der Waals surface area (Å²) in [6, 6.07) is 0.835. The maximum atomic E-state index is 5.91. The molecule has 0 radical (unpaired) electrons. The summed E-state index contributed by atoms with van der Waals surface area (Å²) in [7, 11) is 2.65. The van der Waals surface area contributed by atoms with E-state index in [-0.39, 0.29) is 0 Å². The third kappa shape index (κ3) is 13.8. The van der Waals surface area contributed by atoms with Gasteiger partial charge in [-0.2, -0.15) is 0 Å². The SMILES string of the molecule is CO[Si](CC1=[C]([Pt]([CH2]CCCCC(C)C)([CH2]CCCCC(C)C)[CH2]CCCCC(C)C)CC=C1)(OC)OC.